The fourth-order valence-electron chi connectivity index (χ4n) is 2.71. The van der Waals surface area contributed by atoms with Crippen LogP contribution in [0.2, 0.25) is 0 Å². The van der Waals surface area contributed by atoms with Gasteiger partial charge in [-0.05, 0) is 29.5 Å². The molecule has 0 aliphatic rings. The van der Waals surface area contributed by atoms with Crippen molar-refractivity contribution in [2.75, 3.05) is 7.11 Å². The maximum Gasteiger partial charge on any atom is 0.127 e. The summed E-state index contributed by atoms with van der Waals surface area (Å²) >= 11 is 0. The molecule has 0 aromatic heterocycles. The van der Waals surface area contributed by atoms with E-state index >= 15 is 0 Å². The van der Waals surface area contributed by atoms with Crippen LogP contribution < -0.4 is 4.74 Å². The van der Waals surface area contributed by atoms with Crippen molar-refractivity contribution in [2.45, 2.75) is 33.1 Å². The summed E-state index contributed by atoms with van der Waals surface area (Å²) in [5, 5.41) is 10.7. The lowest BCUT2D eigenvalue weighted by Gasteiger charge is -2.26. The van der Waals surface area contributed by atoms with Gasteiger partial charge in [0.25, 0.3) is 0 Å². The molecule has 2 nitrogen and oxygen atoms in total. The van der Waals surface area contributed by atoms with E-state index in [0.717, 1.165) is 28.0 Å². The summed E-state index contributed by atoms with van der Waals surface area (Å²) in [5.41, 5.74) is 3.60. The molecule has 2 rings (SSSR count). The van der Waals surface area contributed by atoms with Crippen LogP contribution in [0.25, 0.3) is 11.1 Å². The van der Waals surface area contributed by atoms with E-state index in [2.05, 4.69) is 20.8 Å². The topological polar surface area (TPSA) is 29.5 Å². The highest BCUT2D eigenvalue weighted by molar-refractivity contribution is 5.75. The maximum absolute atomic E-state index is 10.7. The van der Waals surface area contributed by atoms with Crippen molar-refractivity contribution < 1.29 is 9.84 Å². The second-order valence-electron chi connectivity index (χ2n) is 6.09. The van der Waals surface area contributed by atoms with Crippen LogP contribution in [0.1, 0.15) is 31.9 Å². The quantitative estimate of drug-likeness (QED) is 0.859. The van der Waals surface area contributed by atoms with Gasteiger partial charge in [-0.2, -0.15) is 0 Å². The normalized spacial score (nSPS) is 11.4. The average molecular weight is 270 g/mol. The lowest BCUT2D eigenvalue weighted by Crippen LogP contribution is -2.14. The van der Waals surface area contributed by atoms with Gasteiger partial charge in [0.2, 0.25) is 0 Å². The fraction of sp³-hybridized carbons (Fsp3) is 0.333. The van der Waals surface area contributed by atoms with Crippen molar-refractivity contribution in [2.24, 2.45) is 0 Å². The zero-order valence-corrected chi connectivity index (χ0v) is 12.8. The zero-order valence-electron chi connectivity index (χ0n) is 12.8. The first-order valence-corrected chi connectivity index (χ1v) is 6.82. The van der Waals surface area contributed by atoms with E-state index in [1.54, 1.807) is 7.11 Å². The highest BCUT2D eigenvalue weighted by Crippen LogP contribution is 2.44. The summed E-state index contributed by atoms with van der Waals surface area (Å²) in [4.78, 5) is 0. The number of methoxy groups -OCH3 is 1. The van der Waals surface area contributed by atoms with E-state index in [1.165, 1.54) is 0 Å². The van der Waals surface area contributed by atoms with Crippen molar-refractivity contribution in [1.82, 2.24) is 0 Å². The van der Waals surface area contributed by atoms with Crippen molar-refractivity contribution in [3.63, 3.8) is 0 Å². The molecule has 0 amide bonds. The number of phenols is 1. The molecule has 20 heavy (non-hydrogen) atoms. The smallest absolute Gasteiger partial charge is 0.127 e. The number of hydrogen-bond donors (Lipinski definition) is 1. The van der Waals surface area contributed by atoms with Gasteiger partial charge < -0.3 is 9.84 Å². The van der Waals surface area contributed by atoms with Crippen LogP contribution in [0.4, 0.5) is 0 Å². The average Bonchev–Trinajstić information content (AvgIpc) is 2.38. The molecule has 0 fully saturated rings. The van der Waals surface area contributed by atoms with Gasteiger partial charge in [0.05, 0.1) is 7.11 Å². The number of ether oxygens (including phenoxy) is 1. The van der Waals surface area contributed by atoms with Crippen LogP contribution in [-0.2, 0) is 5.41 Å². The summed E-state index contributed by atoms with van der Waals surface area (Å²) in [7, 11) is 1.67. The Hall–Kier alpha value is -1.96. The molecular weight excluding hydrogens is 248 g/mol. The first-order valence-electron chi connectivity index (χ1n) is 6.82. The highest BCUT2D eigenvalue weighted by Gasteiger charge is 2.25. The minimum atomic E-state index is -0.147. The minimum absolute atomic E-state index is 0.147. The van der Waals surface area contributed by atoms with Crippen molar-refractivity contribution >= 4 is 0 Å². The van der Waals surface area contributed by atoms with Gasteiger partial charge in [-0.25, -0.2) is 0 Å². The predicted octanol–water partition coefficient (Wildman–Crippen LogP) is 4.67. The van der Waals surface area contributed by atoms with E-state index < -0.39 is 0 Å². The summed E-state index contributed by atoms with van der Waals surface area (Å²) in [5.74, 6) is 1.16. The molecule has 0 aliphatic carbocycles. The van der Waals surface area contributed by atoms with Crippen LogP contribution in [0.5, 0.6) is 11.5 Å². The third kappa shape index (κ3) is 2.51. The Morgan fingerprint density at radius 2 is 1.65 bits per heavy atom. The molecule has 0 saturated heterocycles. The summed E-state index contributed by atoms with van der Waals surface area (Å²) in [6, 6.07) is 11.8. The van der Waals surface area contributed by atoms with Gasteiger partial charge in [-0.15, -0.1) is 0 Å². The Bertz CT molecular complexity index is 608. The molecule has 0 heterocycles. The highest BCUT2D eigenvalue weighted by atomic mass is 16.5. The SMILES string of the molecule is COc1cc(-c2ccccc2)c(O)c(C(C)(C)C)c1C. The number of benzene rings is 2. The summed E-state index contributed by atoms with van der Waals surface area (Å²) in [6.45, 7) is 8.30. The molecular formula is C18H22O2. The van der Waals surface area contributed by atoms with Crippen molar-refractivity contribution in [1.29, 1.82) is 0 Å². The number of hydrogen-bond acceptors (Lipinski definition) is 2. The molecule has 1 N–H and O–H groups in total. The molecule has 0 bridgehead atoms. The van der Waals surface area contributed by atoms with E-state index in [9.17, 15) is 5.11 Å². The molecule has 0 atom stereocenters. The standard InChI is InChI=1S/C18H22O2/c1-12-15(20-5)11-14(13-9-7-6-8-10-13)17(19)16(12)18(2,3)4/h6-11,19H,1-5H3. The number of phenolic OH excluding ortho intramolecular Hbond substituents is 1. The number of aromatic hydroxyl groups is 1. The molecule has 2 aromatic carbocycles. The second-order valence-corrected chi connectivity index (χ2v) is 6.09. The first kappa shape index (κ1) is 14.4. The molecule has 0 radical (unpaired) electrons. The third-order valence-electron chi connectivity index (χ3n) is 3.57. The molecule has 2 aromatic rings. The molecule has 2 heteroatoms. The maximum atomic E-state index is 10.7. The van der Waals surface area contributed by atoms with Gasteiger partial charge in [0, 0.05) is 11.1 Å². The lowest BCUT2D eigenvalue weighted by molar-refractivity contribution is 0.402. The third-order valence-corrected chi connectivity index (χ3v) is 3.57. The van der Waals surface area contributed by atoms with E-state index in [1.807, 2.05) is 43.3 Å². The zero-order chi connectivity index (χ0) is 14.9. The Kier molecular flexibility index (Phi) is 3.76. The first-order chi connectivity index (χ1) is 9.36. The Morgan fingerprint density at radius 3 is 2.15 bits per heavy atom. The minimum Gasteiger partial charge on any atom is -0.507 e. The Balaban J connectivity index is 2.78. The van der Waals surface area contributed by atoms with Crippen LogP contribution in [-0.4, -0.2) is 12.2 Å². The monoisotopic (exact) mass is 270 g/mol. The van der Waals surface area contributed by atoms with Crippen LogP contribution >= 0.6 is 0 Å². The van der Waals surface area contributed by atoms with Gasteiger partial charge in [-0.1, -0.05) is 51.1 Å². The van der Waals surface area contributed by atoms with Gasteiger partial charge in [-0.3, -0.25) is 0 Å². The largest absolute Gasteiger partial charge is 0.507 e. The Morgan fingerprint density at radius 1 is 1.05 bits per heavy atom. The second kappa shape index (κ2) is 5.20. The molecule has 106 valence electrons. The van der Waals surface area contributed by atoms with Crippen LogP contribution in [0, 0.1) is 6.92 Å². The lowest BCUT2D eigenvalue weighted by atomic mass is 9.81. The number of rotatable bonds is 2. The van der Waals surface area contributed by atoms with Gasteiger partial charge in [0.15, 0.2) is 0 Å². The molecule has 0 spiro atoms. The van der Waals surface area contributed by atoms with E-state index in [0.29, 0.717) is 5.75 Å². The van der Waals surface area contributed by atoms with Crippen molar-refractivity contribution in [3.05, 3.63) is 47.5 Å². The van der Waals surface area contributed by atoms with Crippen LogP contribution in [0.3, 0.4) is 0 Å². The van der Waals surface area contributed by atoms with Crippen LogP contribution in [0.15, 0.2) is 36.4 Å². The van der Waals surface area contributed by atoms with E-state index in [4.69, 9.17) is 4.74 Å². The Labute approximate surface area is 121 Å². The molecule has 0 unspecified atom stereocenters. The molecule has 0 saturated carbocycles. The van der Waals surface area contributed by atoms with Crippen molar-refractivity contribution in [3.8, 4) is 22.6 Å². The molecule has 0 aliphatic heterocycles. The van der Waals surface area contributed by atoms with Gasteiger partial charge >= 0.3 is 0 Å². The predicted molar refractivity (Wildman–Crippen MR) is 83.5 cm³/mol. The fourth-order valence-corrected chi connectivity index (χ4v) is 2.71. The summed E-state index contributed by atoms with van der Waals surface area (Å²) < 4.78 is 5.49. The summed E-state index contributed by atoms with van der Waals surface area (Å²) in [6.07, 6.45) is 0. The van der Waals surface area contributed by atoms with Gasteiger partial charge in [0.1, 0.15) is 11.5 Å². The van der Waals surface area contributed by atoms with E-state index in [-0.39, 0.29) is 5.41 Å².